The van der Waals surface area contributed by atoms with Crippen LogP contribution in [0.2, 0.25) is 5.02 Å². The highest BCUT2D eigenvalue weighted by molar-refractivity contribution is 9.10. The molecule has 1 heterocycles. The molecule has 2 aliphatic rings. The molecule has 27 heavy (non-hydrogen) atoms. The van der Waals surface area contributed by atoms with E-state index in [-0.39, 0.29) is 0 Å². The highest BCUT2D eigenvalue weighted by Gasteiger charge is 2.32. The molecule has 1 unspecified atom stereocenters. The number of benzene rings is 2. The number of hydrogen-bond donors (Lipinski definition) is 1. The number of rotatable bonds is 5. The number of nitrogens with one attached hydrogen (secondary N) is 1. The Morgan fingerprint density at radius 3 is 2.85 bits per heavy atom. The van der Waals surface area contributed by atoms with E-state index in [4.69, 9.17) is 21.3 Å². The van der Waals surface area contributed by atoms with E-state index in [0.717, 1.165) is 45.0 Å². The van der Waals surface area contributed by atoms with Crippen LogP contribution >= 0.6 is 27.5 Å². The van der Waals surface area contributed by atoms with Gasteiger partial charge in [-0.15, -0.1) is 0 Å². The van der Waals surface area contributed by atoms with Gasteiger partial charge in [-0.25, -0.2) is 0 Å². The number of halogens is 2. The molecule has 3 nitrogen and oxygen atoms in total. The summed E-state index contributed by atoms with van der Waals surface area (Å²) in [5.41, 5.74) is 3.48. The molecule has 1 N–H and O–H groups in total. The van der Waals surface area contributed by atoms with E-state index in [1.165, 1.54) is 31.2 Å². The number of methoxy groups -OCH3 is 1. The van der Waals surface area contributed by atoms with Crippen molar-refractivity contribution in [3.05, 3.63) is 62.6 Å². The summed E-state index contributed by atoms with van der Waals surface area (Å²) in [5, 5.41) is 4.47. The fraction of sp³-hybridized carbons (Fsp3) is 0.409. The molecule has 2 aromatic rings. The van der Waals surface area contributed by atoms with Gasteiger partial charge in [0.15, 0.2) is 0 Å². The molecule has 2 atom stereocenters. The fourth-order valence-corrected chi connectivity index (χ4v) is 4.87. The van der Waals surface area contributed by atoms with Crippen molar-refractivity contribution in [2.24, 2.45) is 4.99 Å². The van der Waals surface area contributed by atoms with Gasteiger partial charge in [0.1, 0.15) is 11.6 Å². The summed E-state index contributed by atoms with van der Waals surface area (Å²) in [6, 6.07) is 13.2. The quantitative estimate of drug-likeness (QED) is 0.651. The van der Waals surface area contributed by atoms with Crippen LogP contribution in [0.15, 0.2) is 45.9 Å². The Balaban J connectivity index is 1.60. The minimum Gasteiger partial charge on any atom is -0.496 e. The molecule has 0 saturated heterocycles. The molecule has 0 radical (unpaired) electrons. The zero-order valence-electron chi connectivity index (χ0n) is 15.5. The van der Waals surface area contributed by atoms with Crippen LogP contribution in [0.1, 0.15) is 42.4 Å². The smallest absolute Gasteiger partial charge is 0.129 e. The molecule has 0 spiro atoms. The molecule has 1 saturated carbocycles. The molecule has 1 aliphatic carbocycles. The lowest BCUT2D eigenvalue weighted by Gasteiger charge is -2.23. The summed E-state index contributed by atoms with van der Waals surface area (Å²) < 4.78 is 6.58. The summed E-state index contributed by atoms with van der Waals surface area (Å²) >= 11 is 10.2. The van der Waals surface area contributed by atoms with Gasteiger partial charge in [0, 0.05) is 21.1 Å². The van der Waals surface area contributed by atoms with Gasteiger partial charge in [-0.2, -0.15) is 0 Å². The van der Waals surface area contributed by atoms with Crippen molar-refractivity contribution in [1.29, 1.82) is 0 Å². The first kappa shape index (κ1) is 18.8. The van der Waals surface area contributed by atoms with Crippen LogP contribution in [-0.2, 0) is 12.8 Å². The summed E-state index contributed by atoms with van der Waals surface area (Å²) in [6.45, 7) is 0. The highest BCUT2D eigenvalue weighted by Crippen LogP contribution is 2.30. The van der Waals surface area contributed by atoms with Crippen molar-refractivity contribution < 1.29 is 4.74 Å². The third-order valence-corrected chi connectivity index (χ3v) is 6.45. The fourth-order valence-electron chi connectivity index (χ4n) is 4.20. The second-order valence-electron chi connectivity index (χ2n) is 7.30. The minimum atomic E-state index is 0.422. The Hall–Kier alpha value is -1.52. The SMILES string of the molecule is COc1ccc(Br)cc1CCc1c(Cl)cccc1C1=NC2CCCC[C@@H]2N1. The van der Waals surface area contributed by atoms with Crippen LogP contribution in [0.25, 0.3) is 0 Å². The second-order valence-corrected chi connectivity index (χ2v) is 8.63. The highest BCUT2D eigenvalue weighted by atomic mass is 79.9. The molecular weight excluding hydrogens is 424 g/mol. The third kappa shape index (κ3) is 4.02. The summed E-state index contributed by atoms with van der Waals surface area (Å²) in [4.78, 5) is 5.00. The van der Waals surface area contributed by atoms with E-state index in [0.29, 0.717) is 12.1 Å². The zero-order chi connectivity index (χ0) is 18.8. The third-order valence-electron chi connectivity index (χ3n) is 5.61. The van der Waals surface area contributed by atoms with Gasteiger partial charge in [-0.05, 0) is 61.1 Å². The lowest BCUT2D eigenvalue weighted by atomic mass is 9.92. The van der Waals surface area contributed by atoms with Crippen molar-refractivity contribution in [3.63, 3.8) is 0 Å². The maximum Gasteiger partial charge on any atom is 0.129 e. The Kier molecular flexibility index (Phi) is 5.74. The molecule has 0 aromatic heterocycles. The van der Waals surface area contributed by atoms with Crippen LogP contribution in [0.3, 0.4) is 0 Å². The molecule has 4 rings (SSSR count). The van der Waals surface area contributed by atoms with Crippen molar-refractivity contribution in [2.75, 3.05) is 7.11 Å². The summed E-state index contributed by atoms with van der Waals surface area (Å²) in [6.07, 6.45) is 6.68. The van der Waals surface area contributed by atoms with Gasteiger partial charge < -0.3 is 10.1 Å². The van der Waals surface area contributed by atoms with Crippen LogP contribution in [0, 0.1) is 0 Å². The lowest BCUT2D eigenvalue weighted by molar-refractivity contribution is 0.385. The van der Waals surface area contributed by atoms with Crippen LogP contribution < -0.4 is 10.1 Å². The standard InChI is InChI=1S/C22H24BrClN2O/c1-27-21-12-10-15(23)13-14(21)9-11-16-17(5-4-6-18(16)24)22-25-19-7-2-3-8-20(19)26-22/h4-6,10,12-13,19-20H,2-3,7-9,11H2,1H3,(H,25,26)/t19-,20?/m0/s1. The van der Waals surface area contributed by atoms with E-state index < -0.39 is 0 Å². The van der Waals surface area contributed by atoms with Crippen molar-refractivity contribution in [1.82, 2.24) is 5.32 Å². The van der Waals surface area contributed by atoms with Gasteiger partial charge in [-0.1, -0.05) is 52.5 Å². The number of aryl methyl sites for hydroxylation is 1. The molecule has 0 amide bonds. The lowest BCUT2D eigenvalue weighted by Crippen LogP contribution is -2.37. The average Bonchev–Trinajstić information content (AvgIpc) is 3.11. The van der Waals surface area contributed by atoms with Crippen molar-refractivity contribution in [2.45, 2.75) is 50.6 Å². The number of amidine groups is 1. The Labute approximate surface area is 174 Å². The predicted octanol–water partition coefficient (Wildman–Crippen LogP) is 5.56. The molecule has 1 fully saturated rings. The molecule has 5 heteroatoms. The van der Waals surface area contributed by atoms with Crippen molar-refractivity contribution >= 4 is 33.4 Å². The average molecular weight is 448 g/mol. The molecule has 2 aromatic carbocycles. The van der Waals surface area contributed by atoms with E-state index in [2.05, 4.69) is 33.4 Å². The van der Waals surface area contributed by atoms with Crippen LogP contribution in [-0.4, -0.2) is 25.0 Å². The number of nitrogens with zero attached hydrogens (tertiary/aromatic N) is 1. The second kappa shape index (κ2) is 8.24. The van der Waals surface area contributed by atoms with Gasteiger partial charge in [0.25, 0.3) is 0 Å². The van der Waals surface area contributed by atoms with E-state index in [9.17, 15) is 0 Å². The maximum absolute atomic E-state index is 6.61. The Bertz CT molecular complexity index is 867. The topological polar surface area (TPSA) is 33.6 Å². The summed E-state index contributed by atoms with van der Waals surface area (Å²) in [7, 11) is 1.71. The first-order valence-electron chi connectivity index (χ1n) is 9.60. The first-order valence-corrected chi connectivity index (χ1v) is 10.8. The van der Waals surface area contributed by atoms with Gasteiger partial charge in [-0.3, -0.25) is 4.99 Å². The Morgan fingerprint density at radius 2 is 2.04 bits per heavy atom. The summed E-state index contributed by atoms with van der Waals surface area (Å²) in [5.74, 6) is 1.93. The largest absolute Gasteiger partial charge is 0.496 e. The molecule has 142 valence electrons. The van der Waals surface area contributed by atoms with Gasteiger partial charge in [0.2, 0.25) is 0 Å². The first-order chi connectivity index (χ1) is 13.2. The monoisotopic (exact) mass is 446 g/mol. The van der Waals surface area contributed by atoms with Gasteiger partial charge >= 0.3 is 0 Å². The molecular formula is C22H24BrClN2O. The Morgan fingerprint density at radius 1 is 1.19 bits per heavy atom. The number of aliphatic imine (C=N–C) groups is 1. The number of fused-ring (bicyclic) bond motifs is 1. The predicted molar refractivity (Wildman–Crippen MR) is 115 cm³/mol. The van der Waals surface area contributed by atoms with Gasteiger partial charge in [0.05, 0.1) is 13.2 Å². The van der Waals surface area contributed by atoms with Crippen LogP contribution in [0.5, 0.6) is 5.75 Å². The van der Waals surface area contributed by atoms with Crippen LogP contribution in [0.4, 0.5) is 0 Å². The normalized spacial score (nSPS) is 21.4. The molecule has 1 aliphatic heterocycles. The molecule has 0 bridgehead atoms. The maximum atomic E-state index is 6.61. The minimum absolute atomic E-state index is 0.422. The van der Waals surface area contributed by atoms with Crippen molar-refractivity contribution in [3.8, 4) is 5.75 Å². The van der Waals surface area contributed by atoms with E-state index >= 15 is 0 Å². The number of hydrogen-bond acceptors (Lipinski definition) is 3. The number of ether oxygens (including phenoxy) is 1. The zero-order valence-corrected chi connectivity index (χ0v) is 17.8. The van der Waals surface area contributed by atoms with E-state index in [1.807, 2.05) is 24.3 Å². The van der Waals surface area contributed by atoms with E-state index in [1.54, 1.807) is 7.11 Å².